The van der Waals surface area contributed by atoms with Crippen LogP contribution in [0.25, 0.3) is 0 Å². The Morgan fingerprint density at radius 3 is 1.41 bits per heavy atom. The third kappa shape index (κ3) is 7.12. The first-order chi connectivity index (χ1) is 20.6. The standard InChI is InChI=1S/C10H3BrF7NO2S.C10H4F7NO2S.BHNS/c11-4-1-3-5(22-4)7(21)19(6(3)20)2-8(12,13)9(14,15)10(16,17)18;11-8(12,9(13,14)10(15,16)17)3-18-6(19)4-1-2-21-5(4)7(18)20;1-2-3/h1H,2H2;1-2H,3H2;3H. The summed E-state index contributed by atoms with van der Waals surface area (Å²) >= 11 is 7.50. The number of thiophene rings is 2. The van der Waals surface area contributed by atoms with Gasteiger partial charge in [0.1, 0.15) is 9.75 Å². The predicted molar refractivity (Wildman–Crippen MR) is 136 cm³/mol. The number of thiol groups is 1. The van der Waals surface area contributed by atoms with E-state index >= 15 is 0 Å². The Labute approximate surface area is 268 Å². The Morgan fingerprint density at radius 1 is 0.696 bits per heavy atom. The molecule has 0 aliphatic carbocycles. The molecule has 0 saturated carbocycles. The summed E-state index contributed by atoms with van der Waals surface area (Å²) in [7, 11) is 4.34. The molecule has 2 aromatic rings. The maximum absolute atomic E-state index is 13.3. The van der Waals surface area contributed by atoms with Crippen LogP contribution in [0.3, 0.4) is 0 Å². The van der Waals surface area contributed by atoms with E-state index in [1.165, 1.54) is 5.38 Å². The van der Waals surface area contributed by atoms with Gasteiger partial charge < -0.3 is 0 Å². The number of hydrogen-bond donors (Lipinski definition) is 1. The van der Waals surface area contributed by atoms with Crippen LogP contribution >= 0.6 is 51.4 Å². The van der Waals surface area contributed by atoms with Crippen LogP contribution in [-0.4, -0.2) is 90.2 Å². The molecule has 26 heteroatoms. The molecule has 0 aromatic carbocycles. The first-order valence-corrected chi connectivity index (χ1v) is 13.8. The molecule has 4 heterocycles. The fraction of sp³-hybridized carbons (Fsp3) is 0.400. The second kappa shape index (κ2) is 13.1. The fourth-order valence-electron chi connectivity index (χ4n) is 3.34. The molecular formula is C20H8BBrF14N3O4S3. The van der Waals surface area contributed by atoms with E-state index in [9.17, 15) is 80.6 Å². The summed E-state index contributed by atoms with van der Waals surface area (Å²) < 4.78 is 179. The van der Waals surface area contributed by atoms with E-state index in [-0.39, 0.29) is 30.7 Å². The number of amides is 4. The molecule has 253 valence electrons. The molecule has 0 saturated heterocycles. The second-order valence-electron chi connectivity index (χ2n) is 8.52. The van der Waals surface area contributed by atoms with Crippen LogP contribution in [0.5, 0.6) is 0 Å². The molecule has 0 spiro atoms. The molecule has 46 heavy (non-hydrogen) atoms. The molecule has 4 amide bonds. The molecule has 0 atom stereocenters. The molecular weight excluding hydrogens is 799 g/mol. The van der Waals surface area contributed by atoms with Gasteiger partial charge in [-0.2, -0.15) is 61.5 Å². The number of hydrogen-bond acceptors (Lipinski definition) is 8. The van der Waals surface area contributed by atoms with Crippen LogP contribution in [0, 0.1) is 0 Å². The zero-order valence-corrected chi connectivity index (χ0v) is 25.2. The monoisotopic (exact) mass is 806 g/mol. The number of nitrogens with zero attached hydrogens (tertiary/aromatic N) is 3. The van der Waals surface area contributed by atoms with Crippen molar-refractivity contribution in [2.24, 2.45) is 4.30 Å². The van der Waals surface area contributed by atoms with E-state index in [1.807, 2.05) is 0 Å². The summed E-state index contributed by atoms with van der Waals surface area (Å²) in [6, 6.07) is 2.19. The van der Waals surface area contributed by atoms with E-state index < -0.39 is 72.8 Å². The minimum absolute atomic E-state index is 0.272. The Balaban J connectivity index is 0.000000295. The van der Waals surface area contributed by atoms with Gasteiger partial charge in [-0.25, -0.2) is 0 Å². The predicted octanol–water partition coefficient (Wildman–Crippen LogP) is 7.30. The Morgan fingerprint density at radius 2 is 1.07 bits per heavy atom. The molecule has 2 aliphatic heterocycles. The molecule has 0 bridgehead atoms. The minimum atomic E-state index is -6.52. The number of carbonyl (C=O) groups is 4. The maximum atomic E-state index is 13.3. The number of fused-ring (bicyclic) bond motifs is 2. The summed E-state index contributed by atoms with van der Waals surface area (Å²) in [4.78, 5) is 45.4. The van der Waals surface area contributed by atoms with Crippen molar-refractivity contribution in [3.63, 3.8) is 0 Å². The number of rotatable bonds is 6. The molecule has 0 N–H and O–H groups in total. The fourth-order valence-corrected chi connectivity index (χ4v) is 5.71. The van der Waals surface area contributed by atoms with Crippen LogP contribution in [0.1, 0.15) is 40.1 Å². The third-order valence-electron chi connectivity index (χ3n) is 5.54. The van der Waals surface area contributed by atoms with E-state index in [0.717, 1.165) is 12.1 Å². The molecule has 0 unspecified atom stereocenters. The molecule has 2 aliphatic rings. The van der Waals surface area contributed by atoms with Gasteiger partial charge in [0.25, 0.3) is 23.6 Å². The van der Waals surface area contributed by atoms with E-state index in [2.05, 4.69) is 40.7 Å². The molecule has 4 rings (SSSR count). The van der Waals surface area contributed by atoms with Crippen LogP contribution in [-0.2, 0) is 0 Å². The van der Waals surface area contributed by atoms with Crippen molar-refractivity contribution in [2.75, 3.05) is 13.1 Å². The Bertz CT molecular complexity index is 1480. The van der Waals surface area contributed by atoms with Gasteiger partial charge >= 0.3 is 60.8 Å². The van der Waals surface area contributed by atoms with Gasteiger partial charge in [0.15, 0.2) is 0 Å². The number of carbonyl (C=O) groups excluding carboxylic acids is 4. The summed E-state index contributed by atoms with van der Waals surface area (Å²) in [6.07, 6.45) is -13.0. The summed E-state index contributed by atoms with van der Waals surface area (Å²) in [5, 5.41) is 1.29. The Hall–Kier alpha value is -2.61. The topological polar surface area (TPSA) is 87.1 Å². The van der Waals surface area contributed by atoms with Gasteiger partial charge in [0.05, 0.1) is 28.0 Å². The molecule has 2 aromatic heterocycles. The second-order valence-corrected chi connectivity index (χ2v) is 12.1. The van der Waals surface area contributed by atoms with Crippen molar-refractivity contribution in [1.29, 1.82) is 0 Å². The van der Waals surface area contributed by atoms with Crippen molar-refractivity contribution < 1.29 is 80.6 Å². The van der Waals surface area contributed by atoms with Crippen molar-refractivity contribution in [3.05, 3.63) is 42.2 Å². The summed E-state index contributed by atoms with van der Waals surface area (Å²) in [6.45, 7) is -4.71. The summed E-state index contributed by atoms with van der Waals surface area (Å²) in [5.74, 6) is -29.4. The van der Waals surface area contributed by atoms with Gasteiger partial charge in [-0.3, -0.25) is 29.0 Å². The van der Waals surface area contributed by atoms with Crippen LogP contribution in [0.15, 0.2) is 25.6 Å². The van der Waals surface area contributed by atoms with Crippen molar-refractivity contribution in [3.8, 4) is 0 Å². The van der Waals surface area contributed by atoms with E-state index in [0.29, 0.717) is 26.5 Å². The number of imide groups is 2. The SMILES string of the molecule is O=C1c2cc(Br)sc2C(=O)N1CC(F)(F)C(F)(F)C(F)(F)F.O=C1c2ccsc2C(=O)N1CC(F)(F)C(F)(F)C(F)(F)F.[B]=NS. The van der Waals surface area contributed by atoms with Gasteiger partial charge in [0.2, 0.25) is 0 Å². The van der Waals surface area contributed by atoms with Crippen LogP contribution < -0.4 is 0 Å². The first-order valence-electron chi connectivity index (χ1n) is 10.9. The van der Waals surface area contributed by atoms with Gasteiger partial charge in [-0.05, 0) is 33.4 Å². The van der Waals surface area contributed by atoms with Gasteiger partial charge in [0, 0.05) is 0 Å². The van der Waals surface area contributed by atoms with Crippen LogP contribution in [0.2, 0.25) is 0 Å². The van der Waals surface area contributed by atoms with E-state index in [1.54, 1.807) is 0 Å². The zero-order chi connectivity index (χ0) is 36.0. The van der Waals surface area contributed by atoms with Crippen LogP contribution in [0.4, 0.5) is 61.5 Å². The van der Waals surface area contributed by atoms with Gasteiger partial charge in [-0.15, -0.1) is 22.7 Å². The number of halogens is 15. The van der Waals surface area contributed by atoms with Crippen molar-refractivity contribution >= 4 is 82.7 Å². The van der Waals surface area contributed by atoms with Gasteiger partial charge in [-0.1, -0.05) is 0 Å². The molecule has 1 radical (unpaired) electrons. The summed E-state index contributed by atoms with van der Waals surface area (Å²) in [5.41, 5.74) is -0.621. The molecule has 7 nitrogen and oxygen atoms in total. The Kier molecular flexibility index (Phi) is 11.3. The quantitative estimate of drug-likeness (QED) is 0.144. The third-order valence-corrected chi connectivity index (χ3v) is 8.07. The zero-order valence-electron chi connectivity index (χ0n) is 21.1. The van der Waals surface area contributed by atoms with E-state index in [4.69, 9.17) is 0 Å². The average molecular weight is 807 g/mol. The number of alkyl halides is 14. The van der Waals surface area contributed by atoms with Crippen molar-refractivity contribution in [1.82, 2.24) is 9.80 Å². The normalized spacial score (nSPS) is 15.7. The first kappa shape index (κ1) is 39.6. The average Bonchev–Trinajstić information content (AvgIpc) is 3.63. The molecule has 0 fully saturated rings. The van der Waals surface area contributed by atoms with Crippen molar-refractivity contribution in [2.45, 2.75) is 36.0 Å².